The van der Waals surface area contributed by atoms with Gasteiger partial charge in [0.1, 0.15) is 12.4 Å². The average molecular weight is 430 g/mol. The Balaban J connectivity index is 1.67. The molecule has 0 aromatic heterocycles. The molecular weight excluding hydrogens is 398 g/mol. The summed E-state index contributed by atoms with van der Waals surface area (Å²) < 4.78 is 29.7. The fourth-order valence-electron chi connectivity index (χ4n) is 3.42. The highest BCUT2D eigenvalue weighted by Gasteiger charge is 2.40. The summed E-state index contributed by atoms with van der Waals surface area (Å²) in [7, 11) is -3.08. The van der Waals surface area contributed by atoms with Crippen LogP contribution < -0.4 is 10.1 Å². The van der Waals surface area contributed by atoms with Crippen molar-refractivity contribution in [1.29, 1.82) is 0 Å². The van der Waals surface area contributed by atoms with Gasteiger partial charge in [-0.1, -0.05) is 42.5 Å². The molecular formula is C23H31N3O3S. The van der Waals surface area contributed by atoms with Crippen molar-refractivity contribution in [3.63, 3.8) is 0 Å². The van der Waals surface area contributed by atoms with E-state index in [1.807, 2.05) is 60.4 Å². The van der Waals surface area contributed by atoms with Crippen LogP contribution in [0.25, 0.3) is 0 Å². The molecule has 0 atom stereocenters. The topological polar surface area (TPSA) is 71.0 Å². The molecule has 1 saturated heterocycles. The molecule has 0 unspecified atom stereocenters. The van der Waals surface area contributed by atoms with Crippen LogP contribution in [0.5, 0.6) is 5.75 Å². The lowest BCUT2D eigenvalue weighted by Gasteiger charge is -2.39. The number of para-hydroxylation sites is 1. The van der Waals surface area contributed by atoms with Crippen LogP contribution in [0.15, 0.2) is 59.6 Å². The van der Waals surface area contributed by atoms with Gasteiger partial charge in [0.25, 0.3) is 0 Å². The molecule has 3 rings (SSSR count). The monoisotopic (exact) mass is 429 g/mol. The van der Waals surface area contributed by atoms with Gasteiger partial charge in [-0.15, -0.1) is 0 Å². The lowest BCUT2D eigenvalue weighted by atomic mass is 10.1. The Kier molecular flexibility index (Phi) is 7.02. The van der Waals surface area contributed by atoms with E-state index >= 15 is 0 Å². The summed E-state index contributed by atoms with van der Waals surface area (Å²) in [6.07, 6.45) is 0. The first kappa shape index (κ1) is 22.2. The Hall–Kier alpha value is -2.54. The van der Waals surface area contributed by atoms with E-state index in [1.165, 1.54) is 0 Å². The molecule has 2 aromatic carbocycles. The van der Waals surface area contributed by atoms with Gasteiger partial charge in [-0.3, -0.25) is 0 Å². The van der Waals surface area contributed by atoms with E-state index in [0.717, 1.165) is 29.4 Å². The van der Waals surface area contributed by atoms with Gasteiger partial charge < -0.3 is 15.0 Å². The minimum absolute atomic E-state index is 0.150. The summed E-state index contributed by atoms with van der Waals surface area (Å²) in [4.78, 5) is 6.82. The summed E-state index contributed by atoms with van der Waals surface area (Å²) in [5, 5.41) is 3.31. The molecule has 1 heterocycles. The molecule has 0 radical (unpaired) electrons. The van der Waals surface area contributed by atoms with Gasteiger partial charge in [-0.25, -0.2) is 13.4 Å². The van der Waals surface area contributed by atoms with Gasteiger partial charge in [0, 0.05) is 19.6 Å². The van der Waals surface area contributed by atoms with Gasteiger partial charge in [-0.2, -0.15) is 0 Å². The second kappa shape index (κ2) is 9.51. The van der Waals surface area contributed by atoms with E-state index in [-0.39, 0.29) is 5.75 Å². The van der Waals surface area contributed by atoms with Crippen LogP contribution in [-0.2, 0) is 23.0 Å². The number of aliphatic imine (C=N–C) groups is 1. The Morgan fingerprint density at radius 2 is 1.87 bits per heavy atom. The molecule has 2 aromatic rings. The number of hydrogen-bond donors (Lipinski definition) is 1. The van der Waals surface area contributed by atoms with Gasteiger partial charge in [0.15, 0.2) is 15.8 Å². The van der Waals surface area contributed by atoms with E-state index in [4.69, 9.17) is 9.73 Å². The Morgan fingerprint density at radius 3 is 2.57 bits per heavy atom. The molecule has 162 valence electrons. The largest absolute Gasteiger partial charge is 0.489 e. The summed E-state index contributed by atoms with van der Waals surface area (Å²) in [5.41, 5.74) is 2.17. The van der Waals surface area contributed by atoms with Crippen molar-refractivity contribution in [3.8, 4) is 5.75 Å². The van der Waals surface area contributed by atoms with Crippen LogP contribution in [0.3, 0.4) is 0 Å². The third-order valence-electron chi connectivity index (χ3n) is 5.23. The molecule has 6 nitrogen and oxygen atoms in total. The zero-order valence-electron chi connectivity index (χ0n) is 18.0. The molecule has 0 bridgehead atoms. The van der Waals surface area contributed by atoms with E-state index in [1.54, 1.807) is 13.8 Å². The first-order valence-electron chi connectivity index (χ1n) is 10.3. The third-order valence-corrected chi connectivity index (χ3v) is 7.76. The number of guanidine groups is 1. The molecule has 1 aliphatic rings. The fraction of sp³-hybridized carbons (Fsp3) is 0.435. The van der Waals surface area contributed by atoms with Crippen molar-refractivity contribution >= 4 is 15.8 Å². The maximum Gasteiger partial charge on any atom is 0.194 e. The molecule has 0 amide bonds. The summed E-state index contributed by atoms with van der Waals surface area (Å²) in [6.45, 7) is 8.23. The van der Waals surface area contributed by atoms with Gasteiger partial charge in [0.05, 0.1) is 17.0 Å². The van der Waals surface area contributed by atoms with Crippen molar-refractivity contribution in [2.24, 2.45) is 4.99 Å². The van der Waals surface area contributed by atoms with Crippen molar-refractivity contribution in [3.05, 3.63) is 65.7 Å². The number of sulfone groups is 1. The van der Waals surface area contributed by atoms with Crippen LogP contribution in [-0.4, -0.2) is 49.4 Å². The zero-order chi connectivity index (χ0) is 21.6. The van der Waals surface area contributed by atoms with Gasteiger partial charge in [-0.05, 0) is 44.0 Å². The summed E-state index contributed by atoms with van der Waals surface area (Å²) in [6, 6.07) is 18.0. The van der Waals surface area contributed by atoms with Crippen LogP contribution >= 0.6 is 0 Å². The predicted octanol–water partition coefficient (Wildman–Crippen LogP) is 3.24. The van der Waals surface area contributed by atoms with E-state index in [0.29, 0.717) is 26.2 Å². The normalized spacial score (nSPS) is 18.1. The van der Waals surface area contributed by atoms with Crippen LogP contribution in [0, 0.1) is 0 Å². The first-order valence-corrected chi connectivity index (χ1v) is 12.0. The smallest absolute Gasteiger partial charge is 0.194 e. The van der Waals surface area contributed by atoms with E-state index in [9.17, 15) is 8.42 Å². The summed E-state index contributed by atoms with van der Waals surface area (Å²) >= 11 is 0. The number of nitrogens with zero attached hydrogens (tertiary/aromatic N) is 2. The maximum absolute atomic E-state index is 12.3. The van der Waals surface area contributed by atoms with Crippen molar-refractivity contribution in [1.82, 2.24) is 10.2 Å². The number of benzene rings is 2. The average Bonchev–Trinajstić information content (AvgIpc) is 2.73. The minimum atomic E-state index is -3.08. The second-order valence-corrected chi connectivity index (χ2v) is 10.8. The number of nitrogens with one attached hydrogen (secondary N) is 1. The summed E-state index contributed by atoms with van der Waals surface area (Å²) in [5.74, 6) is 1.75. The fourth-order valence-corrected chi connectivity index (χ4v) is 4.78. The van der Waals surface area contributed by atoms with Crippen molar-refractivity contribution in [2.45, 2.75) is 38.7 Å². The van der Waals surface area contributed by atoms with Crippen molar-refractivity contribution in [2.75, 3.05) is 25.4 Å². The predicted molar refractivity (Wildman–Crippen MR) is 121 cm³/mol. The molecule has 0 saturated carbocycles. The van der Waals surface area contributed by atoms with Crippen LogP contribution in [0.4, 0.5) is 0 Å². The standard InChI is InChI=1S/C23H31N3O3S/c1-4-24-22(26-13-14-30(27,28)23(2,3)18-26)25-16-19-9-8-10-20(15-19)17-29-21-11-6-5-7-12-21/h5-12,15H,4,13-14,16-18H2,1-3H3,(H,24,25). The van der Waals surface area contributed by atoms with Crippen LogP contribution in [0.1, 0.15) is 31.9 Å². The molecule has 0 spiro atoms. The highest BCUT2D eigenvalue weighted by atomic mass is 32.2. The Bertz CT molecular complexity index is 972. The first-order chi connectivity index (χ1) is 14.3. The molecule has 7 heteroatoms. The van der Waals surface area contributed by atoms with E-state index in [2.05, 4.69) is 11.4 Å². The lowest BCUT2D eigenvalue weighted by molar-refractivity contribution is 0.306. The number of hydrogen-bond acceptors (Lipinski definition) is 4. The highest BCUT2D eigenvalue weighted by Crippen LogP contribution is 2.24. The molecule has 1 aliphatic heterocycles. The van der Waals surface area contributed by atoms with Crippen molar-refractivity contribution < 1.29 is 13.2 Å². The highest BCUT2D eigenvalue weighted by molar-refractivity contribution is 7.92. The lowest BCUT2D eigenvalue weighted by Crippen LogP contribution is -2.57. The molecule has 30 heavy (non-hydrogen) atoms. The Labute approximate surface area is 179 Å². The van der Waals surface area contributed by atoms with Crippen LogP contribution in [0.2, 0.25) is 0 Å². The molecule has 1 N–H and O–H groups in total. The van der Waals surface area contributed by atoms with Gasteiger partial charge in [0.2, 0.25) is 0 Å². The molecule has 1 fully saturated rings. The number of rotatable bonds is 6. The minimum Gasteiger partial charge on any atom is -0.489 e. The van der Waals surface area contributed by atoms with E-state index < -0.39 is 14.6 Å². The zero-order valence-corrected chi connectivity index (χ0v) is 18.8. The maximum atomic E-state index is 12.3. The second-order valence-electron chi connectivity index (χ2n) is 8.09. The number of ether oxygens (including phenoxy) is 1. The third kappa shape index (κ3) is 5.53. The quantitative estimate of drug-likeness (QED) is 0.564. The SMILES string of the molecule is CCNC(=NCc1cccc(COc2ccccc2)c1)N1CCS(=O)(=O)C(C)(C)C1. The molecule has 0 aliphatic carbocycles. The Morgan fingerprint density at radius 1 is 1.13 bits per heavy atom. The van der Waals surface area contributed by atoms with Gasteiger partial charge >= 0.3 is 0 Å².